The highest BCUT2D eigenvalue weighted by Gasteiger charge is 2.24. The number of amides is 1. The highest BCUT2D eigenvalue weighted by Crippen LogP contribution is 2.30. The van der Waals surface area contributed by atoms with Gasteiger partial charge in [-0.15, -0.1) is 0 Å². The summed E-state index contributed by atoms with van der Waals surface area (Å²) in [5.74, 6) is 0.892. The molecule has 1 aliphatic heterocycles. The van der Waals surface area contributed by atoms with Gasteiger partial charge in [0, 0.05) is 36.5 Å². The number of carbonyl (C=O) groups excluding carboxylic acids is 1. The first kappa shape index (κ1) is 21.8. The summed E-state index contributed by atoms with van der Waals surface area (Å²) in [6.45, 7) is 5.02. The number of nitrogen functional groups attached to an aromatic ring is 1. The molecule has 4 rings (SSSR count). The predicted molar refractivity (Wildman–Crippen MR) is 125 cm³/mol. The van der Waals surface area contributed by atoms with E-state index in [9.17, 15) is 4.79 Å². The Labute approximate surface area is 188 Å². The second-order valence-electron chi connectivity index (χ2n) is 8.25. The van der Waals surface area contributed by atoms with Crippen molar-refractivity contribution in [3.8, 4) is 5.75 Å². The minimum atomic E-state index is -0.298. The largest absolute Gasteiger partial charge is 0.495 e. The number of carbonyl (C=O) groups is 1. The standard InChI is InChI=1S/C24H30N6O2/c1-16-18(14-26-29(16)2)15-30-12-10-17(11-13-30)20-9-8-19(23(25)27-20)24(31)28-21-6-4-5-7-22(21)32-3/h4-9,14,17H,10-13,15H2,1-3H3,(H2,25,27)(H,28,31). The summed E-state index contributed by atoms with van der Waals surface area (Å²) < 4.78 is 7.21. The number of anilines is 2. The Hall–Kier alpha value is -3.39. The zero-order chi connectivity index (χ0) is 22.7. The maximum Gasteiger partial charge on any atom is 0.259 e. The van der Waals surface area contributed by atoms with E-state index in [0.29, 0.717) is 22.9 Å². The third kappa shape index (κ3) is 4.60. The molecule has 0 unspecified atom stereocenters. The molecule has 1 aliphatic rings. The van der Waals surface area contributed by atoms with Crippen molar-refractivity contribution < 1.29 is 9.53 Å². The van der Waals surface area contributed by atoms with E-state index in [2.05, 4.69) is 27.2 Å². The number of likely N-dealkylation sites (tertiary alicyclic amines) is 1. The van der Waals surface area contributed by atoms with E-state index in [-0.39, 0.29) is 11.7 Å². The third-order valence-corrected chi connectivity index (χ3v) is 6.28. The molecule has 0 bridgehead atoms. The van der Waals surface area contributed by atoms with E-state index >= 15 is 0 Å². The number of ether oxygens (including phenoxy) is 1. The van der Waals surface area contributed by atoms with Crippen molar-refractivity contribution in [2.45, 2.75) is 32.2 Å². The van der Waals surface area contributed by atoms with Gasteiger partial charge in [-0.05, 0) is 57.1 Å². The number of hydrogen-bond acceptors (Lipinski definition) is 6. The van der Waals surface area contributed by atoms with Gasteiger partial charge in [-0.25, -0.2) is 4.98 Å². The summed E-state index contributed by atoms with van der Waals surface area (Å²) >= 11 is 0. The lowest BCUT2D eigenvalue weighted by Crippen LogP contribution is -2.33. The Bertz CT molecular complexity index is 1100. The normalized spacial score (nSPS) is 15.0. The number of piperidine rings is 1. The second kappa shape index (κ2) is 9.40. The number of nitrogens with one attached hydrogen (secondary N) is 1. The van der Waals surface area contributed by atoms with E-state index in [1.165, 1.54) is 11.3 Å². The molecule has 0 atom stereocenters. The number of hydrogen-bond donors (Lipinski definition) is 2. The molecule has 8 heteroatoms. The van der Waals surface area contributed by atoms with Crippen LogP contribution in [0.3, 0.4) is 0 Å². The average molecular weight is 435 g/mol. The fourth-order valence-electron chi connectivity index (χ4n) is 4.17. The summed E-state index contributed by atoms with van der Waals surface area (Å²) in [7, 11) is 3.54. The summed E-state index contributed by atoms with van der Waals surface area (Å²) in [5, 5.41) is 7.19. The van der Waals surface area contributed by atoms with Crippen LogP contribution in [0.2, 0.25) is 0 Å². The molecule has 8 nitrogen and oxygen atoms in total. The number of para-hydroxylation sites is 2. The number of aromatic nitrogens is 3. The maximum absolute atomic E-state index is 12.7. The third-order valence-electron chi connectivity index (χ3n) is 6.28. The van der Waals surface area contributed by atoms with Crippen LogP contribution in [0.1, 0.15) is 46.1 Å². The summed E-state index contributed by atoms with van der Waals surface area (Å²) in [4.78, 5) is 19.8. The fraction of sp³-hybridized carbons (Fsp3) is 0.375. The Balaban J connectivity index is 1.38. The van der Waals surface area contributed by atoms with Gasteiger partial charge in [0.1, 0.15) is 11.6 Å². The molecule has 1 saturated heterocycles. The molecule has 1 fully saturated rings. The van der Waals surface area contributed by atoms with Gasteiger partial charge in [-0.1, -0.05) is 12.1 Å². The number of benzene rings is 1. The van der Waals surface area contributed by atoms with E-state index in [0.717, 1.165) is 38.2 Å². The molecule has 3 aromatic rings. The van der Waals surface area contributed by atoms with Gasteiger partial charge in [0.05, 0.1) is 24.6 Å². The Morgan fingerprint density at radius 1 is 1.22 bits per heavy atom. The van der Waals surface area contributed by atoms with E-state index in [4.69, 9.17) is 10.5 Å². The molecule has 1 aromatic carbocycles. The molecule has 32 heavy (non-hydrogen) atoms. The second-order valence-corrected chi connectivity index (χ2v) is 8.25. The molecule has 3 heterocycles. The lowest BCUT2D eigenvalue weighted by molar-refractivity contribution is 0.102. The molecule has 0 aliphatic carbocycles. The zero-order valence-electron chi connectivity index (χ0n) is 18.8. The highest BCUT2D eigenvalue weighted by molar-refractivity contribution is 6.07. The Morgan fingerprint density at radius 3 is 2.62 bits per heavy atom. The molecule has 0 saturated carbocycles. The van der Waals surface area contributed by atoms with Crippen LogP contribution in [-0.2, 0) is 13.6 Å². The Kier molecular flexibility index (Phi) is 6.41. The smallest absolute Gasteiger partial charge is 0.259 e. The van der Waals surface area contributed by atoms with Crippen LogP contribution in [0.5, 0.6) is 5.75 Å². The fourth-order valence-corrected chi connectivity index (χ4v) is 4.17. The molecule has 1 amide bonds. The van der Waals surface area contributed by atoms with E-state index < -0.39 is 0 Å². The molecule has 2 aromatic heterocycles. The minimum Gasteiger partial charge on any atom is -0.495 e. The first-order valence-electron chi connectivity index (χ1n) is 10.9. The van der Waals surface area contributed by atoms with Crippen LogP contribution in [-0.4, -0.2) is 45.8 Å². The van der Waals surface area contributed by atoms with Crippen LogP contribution in [0.25, 0.3) is 0 Å². The van der Waals surface area contributed by atoms with Crippen molar-refractivity contribution in [3.63, 3.8) is 0 Å². The van der Waals surface area contributed by atoms with Crippen LogP contribution in [0.4, 0.5) is 11.5 Å². The first-order chi connectivity index (χ1) is 15.5. The molecule has 3 N–H and O–H groups in total. The van der Waals surface area contributed by atoms with Crippen LogP contribution in [0, 0.1) is 6.92 Å². The lowest BCUT2D eigenvalue weighted by atomic mass is 9.92. The van der Waals surface area contributed by atoms with Gasteiger partial charge in [0.25, 0.3) is 5.91 Å². The van der Waals surface area contributed by atoms with Gasteiger partial charge in [-0.2, -0.15) is 5.10 Å². The number of aryl methyl sites for hydroxylation is 1. The SMILES string of the molecule is COc1ccccc1NC(=O)c1ccc(C2CCN(Cc3cnn(C)c3C)CC2)nc1N. The maximum atomic E-state index is 12.7. The molecular weight excluding hydrogens is 404 g/mol. The van der Waals surface area contributed by atoms with Crippen molar-refractivity contribution in [1.82, 2.24) is 19.7 Å². The molecule has 0 spiro atoms. The van der Waals surface area contributed by atoms with Crippen molar-refractivity contribution in [3.05, 3.63) is 65.1 Å². The topological polar surface area (TPSA) is 98.3 Å². The van der Waals surface area contributed by atoms with Gasteiger partial charge < -0.3 is 15.8 Å². The van der Waals surface area contributed by atoms with Crippen molar-refractivity contribution in [2.24, 2.45) is 7.05 Å². The minimum absolute atomic E-state index is 0.253. The summed E-state index contributed by atoms with van der Waals surface area (Å²) in [6.07, 6.45) is 3.98. The number of nitrogens with two attached hydrogens (primary N) is 1. The lowest BCUT2D eigenvalue weighted by Gasteiger charge is -2.31. The predicted octanol–water partition coefficient (Wildman–Crippen LogP) is 3.35. The molecule has 0 radical (unpaired) electrons. The van der Waals surface area contributed by atoms with Gasteiger partial charge in [-0.3, -0.25) is 14.4 Å². The summed E-state index contributed by atoms with van der Waals surface area (Å²) in [5.41, 5.74) is 10.6. The van der Waals surface area contributed by atoms with Gasteiger partial charge >= 0.3 is 0 Å². The van der Waals surface area contributed by atoms with Crippen LogP contribution in [0.15, 0.2) is 42.6 Å². The number of rotatable bonds is 6. The van der Waals surface area contributed by atoms with Crippen LogP contribution >= 0.6 is 0 Å². The number of nitrogens with zero attached hydrogens (tertiary/aromatic N) is 4. The monoisotopic (exact) mass is 434 g/mol. The van der Waals surface area contributed by atoms with E-state index in [1.807, 2.05) is 36.1 Å². The van der Waals surface area contributed by atoms with Crippen LogP contribution < -0.4 is 15.8 Å². The number of pyridine rings is 1. The number of methoxy groups -OCH3 is 1. The molecule has 168 valence electrons. The summed E-state index contributed by atoms with van der Waals surface area (Å²) in [6, 6.07) is 11.0. The zero-order valence-corrected chi connectivity index (χ0v) is 18.8. The Morgan fingerprint density at radius 2 is 1.97 bits per heavy atom. The van der Waals surface area contributed by atoms with E-state index in [1.54, 1.807) is 25.3 Å². The van der Waals surface area contributed by atoms with Crippen molar-refractivity contribution in [1.29, 1.82) is 0 Å². The molecular formula is C24H30N6O2. The van der Waals surface area contributed by atoms with Gasteiger partial charge in [0.15, 0.2) is 0 Å². The van der Waals surface area contributed by atoms with Crippen molar-refractivity contribution in [2.75, 3.05) is 31.2 Å². The van der Waals surface area contributed by atoms with Crippen molar-refractivity contribution >= 4 is 17.4 Å². The average Bonchev–Trinajstić information content (AvgIpc) is 3.12. The quantitative estimate of drug-likeness (QED) is 0.617. The van der Waals surface area contributed by atoms with Gasteiger partial charge in [0.2, 0.25) is 0 Å². The first-order valence-corrected chi connectivity index (χ1v) is 10.9. The highest BCUT2D eigenvalue weighted by atomic mass is 16.5.